The molecular formula is C19H20N2O5S. The molecule has 2 aliphatic heterocycles. The van der Waals surface area contributed by atoms with Gasteiger partial charge in [0, 0.05) is 29.8 Å². The van der Waals surface area contributed by atoms with E-state index in [1.165, 1.54) is 10.4 Å². The fraction of sp³-hybridized carbons (Fsp3) is 0.368. The molecule has 2 aromatic carbocycles. The van der Waals surface area contributed by atoms with E-state index >= 15 is 0 Å². The van der Waals surface area contributed by atoms with Crippen LogP contribution in [0.2, 0.25) is 0 Å². The van der Waals surface area contributed by atoms with Crippen molar-refractivity contribution in [1.29, 1.82) is 0 Å². The van der Waals surface area contributed by atoms with E-state index < -0.39 is 15.9 Å². The lowest BCUT2D eigenvalue weighted by Crippen LogP contribution is -2.40. The van der Waals surface area contributed by atoms with Crippen LogP contribution in [0.5, 0.6) is 0 Å². The van der Waals surface area contributed by atoms with Gasteiger partial charge >= 0.3 is 0 Å². The van der Waals surface area contributed by atoms with E-state index in [4.69, 9.17) is 4.74 Å². The van der Waals surface area contributed by atoms with Crippen LogP contribution in [-0.2, 0) is 19.6 Å². The Kier molecular flexibility index (Phi) is 4.29. The summed E-state index contributed by atoms with van der Waals surface area (Å²) in [6.45, 7) is 4.76. The van der Waals surface area contributed by atoms with E-state index in [1.54, 1.807) is 38.1 Å². The van der Waals surface area contributed by atoms with Gasteiger partial charge in [-0.3, -0.25) is 9.59 Å². The lowest BCUT2D eigenvalue weighted by molar-refractivity contribution is -0.120. The molecule has 7 nitrogen and oxygen atoms in total. The average Bonchev–Trinajstić information content (AvgIpc) is 2.95. The Morgan fingerprint density at radius 1 is 1.11 bits per heavy atom. The number of hydrogen-bond donors (Lipinski definition) is 0. The molecule has 2 amide bonds. The summed E-state index contributed by atoms with van der Waals surface area (Å²) < 4.78 is 33.0. The third kappa shape index (κ3) is 2.67. The number of hydrogen-bond acceptors (Lipinski definition) is 5. The number of amides is 2. The summed E-state index contributed by atoms with van der Waals surface area (Å²) in [5.74, 6) is -1.06. The lowest BCUT2D eigenvalue weighted by atomic mass is 10.1. The monoisotopic (exact) mass is 388 g/mol. The van der Waals surface area contributed by atoms with Gasteiger partial charge in [-0.05, 0) is 18.2 Å². The van der Waals surface area contributed by atoms with Crippen LogP contribution >= 0.6 is 0 Å². The topological polar surface area (TPSA) is 84.0 Å². The third-order valence-electron chi connectivity index (χ3n) is 4.96. The van der Waals surface area contributed by atoms with Crippen LogP contribution in [-0.4, -0.2) is 50.8 Å². The molecule has 0 aromatic heterocycles. The minimum Gasteiger partial charge on any atom is -0.379 e. The van der Waals surface area contributed by atoms with Crippen LogP contribution in [0.4, 0.5) is 5.69 Å². The summed E-state index contributed by atoms with van der Waals surface area (Å²) in [5, 5.41) is 0.981. The maximum Gasteiger partial charge on any atom is 0.265 e. The van der Waals surface area contributed by atoms with Gasteiger partial charge in [-0.1, -0.05) is 26.0 Å². The van der Waals surface area contributed by atoms with Gasteiger partial charge in [0.25, 0.3) is 5.91 Å². The molecule has 1 saturated heterocycles. The van der Waals surface area contributed by atoms with Crippen LogP contribution in [0, 0.1) is 5.92 Å². The van der Waals surface area contributed by atoms with Crippen LogP contribution in [0.1, 0.15) is 24.2 Å². The van der Waals surface area contributed by atoms with Crippen LogP contribution < -0.4 is 4.90 Å². The third-order valence-corrected chi connectivity index (χ3v) is 6.91. The first-order valence-electron chi connectivity index (χ1n) is 8.86. The Labute approximate surface area is 157 Å². The van der Waals surface area contributed by atoms with Crippen molar-refractivity contribution < 1.29 is 22.7 Å². The standard InChI is InChI=1S/C19H20N2O5S/c1-12(2)18(22)21-15-6-7-16(27(24,25)20-8-10-26-11-9-20)13-4-3-5-14(17(13)15)19(21)23/h3-7,12H,8-11H2,1-2H3. The highest BCUT2D eigenvalue weighted by molar-refractivity contribution is 7.89. The predicted molar refractivity (Wildman–Crippen MR) is 100 cm³/mol. The summed E-state index contributed by atoms with van der Waals surface area (Å²) in [7, 11) is -3.73. The number of sulfonamides is 1. The van der Waals surface area contributed by atoms with Crippen LogP contribution in [0.25, 0.3) is 10.8 Å². The van der Waals surface area contributed by atoms with Gasteiger partial charge in [-0.15, -0.1) is 0 Å². The van der Waals surface area contributed by atoms with Crippen molar-refractivity contribution in [2.24, 2.45) is 5.92 Å². The van der Waals surface area contributed by atoms with Gasteiger partial charge in [-0.2, -0.15) is 4.31 Å². The van der Waals surface area contributed by atoms with Crippen molar-refractivity contribution >= 4 is 38.3 Å². The number of ether oxygens (including phenoxy) is 1. The molecule has 2 aliphatic rings. The molecule has 0 spiro atoms. The Hall–Kier alpha value is -2.29. The molecule has 8 heteroatoms. The Morgan fingerprint density at radius 3 is 2.48 bits per heavy atom. The molecule has 4 rings (SSSR count). The maximum absolute atomic E-state index is 13.2. The van der Waals surface area contributed by atoms with Gasteiger partial charge in [0.15, 0.2) is 0 Å². The quantitative estimate of drug-likeness (QED) is 0.803. The lowest BCUT2D eigenvalue weighted by Gasteiger charge is -2.26. The minimum atomic E-state index is -3.73. The molecule has 142 valence electrons. The van der Waals surface area contributed by atoms with E-state index in [9.17, 15) is 18.0 Å². The zero-order valence-electron chi connectivity index (χ0n) is 15.1. The number of benzene rings is 2. The highest BCUT2D eigenvalue weighted by Gasteiger charge is 2.37. The first kappa shape index (κ1) is 18.1. The summed E-state index contributed by atoms with van der Waals surface area (Å²) in [4.78, 5) is 26.7. The highest BCUT2D eigenvalue weighted by Crippen LogP contribution is 2.41. The smallest absolute Gasteiger partial charge is 0.265 e. The normalized spacial score (nSPS) is 17.9. The number of nitrogens with zero attached hydrogens (tertiary/aromatic N) is 2. The van der Waals surface area contributed by atoms with Crippen molar-refractivity contribution in [3.8, 4) is 0 Å². The van der Waals surface area contributed by atoms with Crippen molar-refractivity contribution in [3.63, 3.8) is 0 Å². The van der Waals surface area contributed by atoms with E-state index in [2.05, 4.69) is 0 Å². The van der Waals surface area contributed by atoms with Gasteiger partial charge < -0.3 is 4.74 Å². The van der Waals surface area contributed by atoms with E-state index in [-0.39, 0.29) is 16.7 Å². The molecule has 2 aromatic rings. The molecule has 0 N–H and O–H groups in total. The van der Waals surface area contributed by atoms with Gasteiger partial charge in [0.05, 0.1) is 29.4 Å². The number of anilines is 1. The SMILES string of the molecule is CC(C)C(=O)N1C(=O)c2cccc3c(S(=O)(=O)N4CCOCC4)ccc1c23. The second kappa shape index (κ2) is 6.40. The predicted octanol–water partition coefficient (Wildman–Crippen LogP) is 2.00. The average molecular weight is 388 g/mol. The summed E-state index contributed by atoms with van der Waals surface area (Å²) in [6.07, 6.45) is 0. The maximum atomic E-state index is 13.2. The summed E-state index contributed by atoms with van der Waals surface area (Å²) in [5.41, 5.74) is 0.806. The Bertz CT molecular complexity index is 1060. The van der Waals surface area contributed by atoms with E-state index in [0.717, 1.165) is 4.90 Å². The molecule has 1 fully saturated rings. The fourth-order valence-corrected chi connectivity index (χ4v) is 5.18. The molecule has 0 unspecified atom stereocenters. The van der Waals surface area contributed by atoms with Crippen molar-refractivity contribution in [3.05, 3.63) is 35.9 Å². The summed E-state index contributed by atoms with van der Waals surface area (Å²) in [6, 6.07) is 8.02. The van der Waals surface area contributed by atoms with Crippen molar-refractivity contribution in [1.82, 2.24) is 4.31 Å². The number of carbonyl (C=O) groups excluding carboxylic acids is 2. The van der Waals surface area contributed by atoms with E-state index in [1.807, 2.05) is 0 Å². The molecule has 0 bridgehead atoms. The number of imide groups is 1. The first-order valence-corrected chi connectivity index (χ1v) is 10.3. The number of carbonyl (C=O) groups is 2. The molecule has 0 aliphatic carbocycles. The van der Waals surface area contributed by atoms with Gasteiger partial charge in [0.2, 0.25) is 15.9 Å². The zero-order valence-corrected chi connectivity index (χ0v) is 16.0. The zero-order chi connectivity index (χ0) is 19.3. The first-order chi connectivity index (χ1) is 12.8. The minimum absolute atomic E-state index is 0.150. The Balaban J connectivity index is 1.91. The molecule has 0 saturated carbocycles. The van der Waals surface area contributed by atoms with Gasteiger partial charge in [0.1, 0.15) is 0 Å². The second-order valence-corrected chi connectivity index (χ2v) is 8.87. The molecule has 0 atom stereocenters. The molecule has 0 radical (unpaired) electrons. The largest absolute Gasteiger partial charge is 0.379 e. The van der Waals surface area contributed by atoms with Crippen LogP contribution in [0.3, 0.4) is 0 Å². The summed E-state index contributed by atoms with van der Waals surface area (Å²) >= 11 is 0. The molecule has 27 heavy (non-hydrogen) atoms. The second-order valence-electron chi connectivity index (χ2n) is 6.96. The Morgan fingerprint density at radius 2 is 1.81 bits per heavy atom. The highest BCUT2D eigenvalue weighted by atomic mass is 32.2. The van der Waals surface area contributed by atoms with Crippen molar-refractivity contribution in [2.75, 3.05) is 31.2 Å². The number of morpholine rings is 1. The fourth-order valence-electron chi connectivity index (χ4n) is 3.58. The number of rotatable bonds is 3. The van der Waals surface area contributed by atoms with Gasteiger partial charge in [-0.25, -0.2) is 13.3 Å². The molecule has 2 heterocycles. The van der Waals surface area contributed by atoms with Crippen molar-refractivity contribution in [2.45, 2.75) is 18.7 Å². The van der Waals surface area contributed by atoms with Crippen LogP contribution in [0.15, 0.2) is 35.2 Å². The molecular weight excluding hydrogens is 368 g/mol. The van der Waals surface area contributed by atoms with E-state index in [0.29, 0.717) is 48.3 Å².